The minimum atomic E-state index is 0.949. The number of hydrogen-bond acceptors (Lipinski definition) is 3. The third-order valence-electron chi connectivity index (χ3n) is 2.85. The van der Waals surface area contributed by atoms with Gasteiger partial charge >= 0.3 is 0 Å². The Balaban J connectivity index is 2.01. The fourth-order valence-corrected chi connectivity index (χ4v) is 3.13. The molecule has 2 aromatic carbocycles. The molecule has 3 rings (SSSR count). The second kappa shape index (κ2) is 4.42. The number of nitrogens with one attached hydrogen (secondary N) is 1. The number of hydrogen-bond donors (Lipinski definition) is 1. The largest absolute Gasteiger partial charge is 0.332 e. The van der Waals surface area contributed by atoms with Crippen LogP contribution < -0.4 is 5.32 Å². The molecule has 0 aliphatic rings. The smallest absolute Gasteiger partial charge is 0.188 e. The van der Waals surface area contributed by atoms with E-state index in [-0.39, 0.29) is 0 Å². The quantitative estimate of drug-likeness (QED) is 0.719. The lowest BCUT2D eigenvalue weighted by atomic mass is 10.1. The molecule has 18 heavy (non-hydrogen) atoms. The molecule has 0 radical (unpaired) electrons. The van der Waals surface area contributed by atoms with Crippen molar-refractivity contribution in [2.75, 3.05) is 5.32 Å². The number of anilines is 2. The van der Waals surface area contributed by atoms with Crippen LogP contribution in [0.2, 0.25) is 0 Å². The molecular weight excluding hydrogens is 240 g/mol. The molecule has 0 amide bonds. The van der Waals surface area contributed by atoms with Gasteiger partial charge in [0.1, 0.15) is 0 Å². The van der Waals surface area contributed by atoms with Crippen LogP contribution in [0.4, 0.5) is 10.8 Å². The van der Waals surface area contributed by atoms with E-state index in [9.17, 15) is 0 Å². The van der Waals surface area contributed by atoms with Crippen LogP contribution in [0.5, 0.6) is 0 Å². The molecule has 3 heteroatoms. The molecule has 2 nitrogen and oxygen atoms in total. The van der Waals surface area contributed by atoms with Crippen molar-refractivity contribution in [1.82, 2.24) is 4.98 Å². The van der Waals surface area contributed by atoms with Gasteiger partial charge < -0.3 is 5.32 Å². The van der Waals surface area contributed by atoms with Gasteiger partial charge in [0.25, 0.3) is 0 Å². The van der Waals surface area contributed by atoms with Gasteiger partial charge in [0.2, 0.25) is 0 Å². The topological polar surface area (TPSA) is 24.9 Å². The average Bonchev–Trinajstić information content (AvgIpc) is 2.73. The lowest BCUT2D eigenvalue weighted by Gasteiger charge is -2.00. The molecule has 1 N–H and O–H groups in total. The maximum atomic E-state index is 4.66. The molecule has 1 aromatic heterocycles. The Morgan fingerprint density at radius 2 is 1.83 bits per heavy atom. The maximum absolute atomic E-state index is 4.66. The summed E-state index contributed by atoms with van der Waals surface area (Å²) in [4.78, 5) is 4.66. The number of benzene rings is 2. The Bertz CT molecular complexity index is 686. The van der Waals surface area contributed by atoms with Crippen LogP contribution in [-0.2, 0) is 0 Å². The molecule has 0 aliphatic carbocycles. The van der Waals surface area contributed by atoms with E-state index in [1.807, 2.05) is 30.3 Å². The first-order valence-corrected chi connectivity index (χ1v) is 6.74. The summed E-state index contributed by atoms with van der Waals surface area (Å²) in [6.07, 6.45) is 0. The van der Waals surface area contributed by atoms with Gasteiger partial charge in [-0.05, 0) is 43.2 Å². The van der Waals surface area contributed by atoms with E-state index in [0.29, 0.717) is 0 Å². The number of para-hydroxylation sites is 1. The van der Waals surface area contributed by atoms with Gasteiger partial charge in [-0.1, -0.05) is 35.6 Å². The van der Waals surface area contributed by atoms with E-state index in [2.05, 4.69) is 36.3 Å². The molecule has 0 aliphatic heterocycles. The summed E-state index contributed by atoms with van der Waals surface area (Å²) in [5.74, 6) is 0. The zero-order valence-electron chi connectivity index (χ0n) is 10.4. The van der Waals surface area contributed by atoms with Gasteiger partial charge in [-0.2, -0.15) is 0 Å². The lowest BCUT2D eigenvalue weighted by Crippen LogP contribution is -1.88. The average molecular weight is 254 g/mol. The van der Waals surface area contributed by atoms with Crippen LogP contribution in [0.3, 0.4) is 0 Å². The third kappa shape index (κ3) is 2.09. The summed E-state index contributed by atoms with van der Waals surface area (Å²) in [6.45, 7) is 4.23. The molecular formula is C15H14N2S. The van der Waals surface area contributed by atoms with E-state index in [1.165, 1.54) is 15.8 Å². The van der Waals surface area contributed by atoms with Crippen LogP contribution in [0.25, 0.3) is 10.2 Å². The van der Waals surface area contributed by atoms with Gasteiger partial charge in [0.05, 0.1) is 10.2 Å². The predicted octanol–water partition coefficient (Wildman–Crippen LogP) is 4.66. The molecule has 0 saturated heterocycles. The standard InChI is InChI=1S/C15H14N2S/c1-10-8-11(2)14-13(9-10)18-15(17-14)16-12-6-4-3-5-7-12/h3-9H,1-2H3,(H,16,17). The number of aryl methyl sites for hydroxylation is 2. The van der Waals surface area contributed by atoms with Crippen molar-refractivity contribution in [3.8, 4) is 0 Å². The van der Waals surface area contributed by atoms with E-state index in [1.54, 1.807) is 11.3 Å². The Morgan fingerprint density at radius 3 is 2.61 bits per heavy atom. The molecule has 0 bridgehead atoms. The summed E-state index contributed by atoms with van der Waals surface area (Å²) in [5.41, 5.74) is 4.70. The number of rotatable bonds is 2. The molecule has 90 valence electrons. The van der Waals surface area contributed by atoms with Crippen molar-refractivity contribution in [1.29, 1.82) is 0 Å². The molecule has 0 saturated carbocycles. The summed E-state index contributed by atoms with van der Waals surface area (Å²) >= 11 is 1.70. The Kier molecular flexibility index (Phi) is 2.76. The number of thiazole rings is 1. The number of nitrogens with zero attached hydrogens (tertiary/aromatic N) is 1. The Morgan fingerprint density at radius 1 is 1.06 bits per heavy atom. The molecule has 0 spiro atoms. The van der Waals surface area contributed by atoms with Gasteiger partial charge in [-0.25, -0.2) is 4.98 Å². The first kappa shape index (κ1) is 11.2. The lowest BCUT2D eigenvalue weighted by molar-refractivity contribution is 1.37. The first-order chi connectivity index (χ1) is 8.72. The molecule has 0 atom stereocenters. The summed E-state index contributed by atoms with van der Waals surface area (Å²) < 4.78 is 1.24. The van der Waals surface area contributed by atoms with Crippen LogP contribution >= 0.6 is 11.3 Å². The van der Waals surface area contributed by atoms with Crippen LogP contribution in [-0.4, -0.2) is 4.98 Å². The van der Waals surface area contributed by atoms with E-state index >= 15 is 0 Å². The number of aromatic nitrogens is 1. The predicted molar refractivity (Wildman–Crippen MR) is 78.8 cm³/mol. The van der Waals surface area contributed by atoms with E-state index in [0.717, 1.165) is 16.3 Å². The van der Waals surface area contributed by atoms with Crippen LogP contribution in [0.1, 0.15) is 11.1 Å². The van der Waals surface area contributed by atoms with Gasteiger partial charge in [-0.15, -0.1) is 0 Å². The monoisotopic (exact) mass is 254 g/mol. The minimum Gasteiger partial charge on any atom is -0.332 e. The van der Waals surface area contributed by atoms with Gasteiger partial charge in [-0.3, -0.25) is 0 Å². The number of fused-ring (bicyclic) bond motifs is 1. The first-order valence-electron chi connectivity index (χ1n) is 5.92. The van der Waals surface area contributed by atoms with Gasteiger partial charge in [0.15, 0.2) is 5.13 Å². The van der Waals surface area contributed by atoms with E-state index < -0.39 is 0 Å². The zero-order chi connectivity index (χ0) is 12.5. The minimum absolute atomic E-state index is 0.949. The van der Waals surface area contributed by atoms with Gasteiger partial charge in [0, 0.05) is 5.69 Å². The van der Waals surface area contributed by atoms with Crippen LogP contribution in [0, 0.1) is 13.8 Å². The second-order valence-corrected chi connectivity index (χ2v) is 5.47. The van der Waals surface area contributed by atoms with Crippen molar-refractivity contribution in [2.45, 2.75) is 13.8 Å². The summed E-state index contributed by atoms with van der Waals surface area (Å²) in [5, 5.41) is 4.30. The second-order valence-electron chi connectivity index (χ2n) is 4.44. The highest BCUT2D eigenvalue weighted by Crippen LogP contribution is 2.30. The summed E-state index contributed by atoms with van der Waals surface area (Å²) in [7, 11) is 0. The molecule has 0 fully saturated rings. The van der Waals surface area contributed by atoms with Crippen molar-refractivity contribution >= 4 is 32.4 Å². The highest BCUT2D eigenvalue weighted by atomic mass is 32.1. The Labute approximate surface area is 110 Å². The normalized spacial score (nSPS) is 10.8. The SMILES string of the molecule is Cc1cc(C)c2nc(Nc3ccccc3)sc2c1. The van der Waals surface area contributed by atoms with Crippen LogP contribution in [0.15, 0.2) is 42.5 Å². The highest BCUT2D eigenvalue weighted by molar-refractivity contribution is 7.22. The molecule has 1 heterocycles. The van der Waals surface area contributed by atoms with Crippen molar-refractivity contribution in [3.05, 3.63) is 53.6 Å². The fraction of sp³-hybridized carbons (Fsp3) is 0.133. The highest BCUT2D eigenvalue weighted by Gasteiger charge is 2.06. The fourth-order valence-electron chi connectivity index (χ4n) is 2.07. The zero-order valence-corrected chi connectivity index (χ0v) is 11.2. The molecule has 3 aromatic rings. The third-order valence-corrected chi connectivity index (χ3v) is 3.77. The molecule has 0 unspecified atom stereocenters. The maximum Gasteiger partial charge on any atom is 0.188 e. The Hall–Kier alpha value is -1.87. The summed E-state index contributed by atoms with van der Waals surface area (Å²) in [6, 6.07) is 14.5. The van der Waals surface area contributed by atoms with Crippen molar-refractivity contribution in [3.63, 3.8) is 0 Å². The van der Waals surface area contributed by atoms with E-state index in [4.69, 9.17) is 0 Å². The van der Waals surface area contributed by atoms with Crippen molar-refractivity contribution < 1.29 is 0 Å². The van der Waals surface area contributed by atoms with Crippen molar-refractivity contribution in [2.24, 2.45) is 0 Å².